The number of amides is 1. The van der Waals surface area contributed by atoms with Crippen molar-refractivity contribution in [2.45, 2.75) is 19.3 Å². The molecule has 1 saturated carbocycles. The van der Waals surface area contributed by atoms with Gasteiger partial charge in [0.25, 0.3) is 0 Å². The molecule has 1 atom stereocenters. The average Bonchev–Trinajstić information content (AvgIpc) is 3.29. The van der Waals surface area contributed by atoms with Crippen molar-refractivity contribution < 1.29 is 9.53 Å². The van der Waals surface area contributed by atoms with E-state index in [1.54, 1.807) is 11.8 Å². The molecule has 1 aromatic carbocycles. The summed E-state index contributed by atoms with van der Waals surface area (Å²) in [7, 11) is 0. The molecule has 3 rings (SSSR count). The fourth-order valence-electron chi connectivity index (χ4n) is 2.43. The molecule has 20 heavy (non-hydrogen) atoms. The van der Waals surface area contributed by atoms with E-state index in [1.807, 2.05) is 18.2 Å². The molecule has 0 saturated heterocycles. The van der Waals surface area contributed by atoms with E-state index in [0.29, 0.717) is 18.3 Å². The lowest BCUT2D eigenvalue weighted by Crippen LogP contribution is -2.35. The quantitative estimate of drug-likeness (QED) is 0.875. The summed E-state index contributed by atoms with van der Waals surface area (Å²) in [6.07, 6.45) is 3.70. The molecule has 1 aliphatic heterocycles. The minimum absolute atomic E-state index is 0.162. The van der Waals surface area contributed by atoms with Crippen LogP contribution >= 0.6 is 11.8 Å². The van der Waals surface area contributed by atoms with Crippen LogP contribution in [-0.2, 0) is 11.2 Å². The van der Waals surface area contributed by atoms with Crippen LogP contribution in [0.15, 0.2) is 24.3 Å². The largest absolute Gasteiger partial charge is 0.493 e. The van der Waals surface area contributed by atoms with E-state index in [4.69, 9.17) is 4.74 Å². The molecule has 2 aliphatic rings. The van der Waals surface area contributed by atoms with E-state index in [9.17, 15) is 4.79 Å². The van der Waals surface area contributed by atoms with Crippen LogP contribution in [0.2, 0.25) is 0 Å². The predicted molar refractivity (Wildman–Crippen MR) is 82.2 cm³/mol. The van der Waals surface area contributed by atoms with Crippen LogP contribution in [-0.4, -0.2) is 30.6 Å². The molecule has 1 N–H and O–H groups in total. The first-order chi connectivity index (χ1) is 9.81. The third kappa shape index (κ3) is 3.92. The predicted octanol–water partition coefficient (Wildman–Crippen LogP) is 2.50. The van der Waals surface area contributed by atoms with Gasteiger partial charge in [-0.05, 0) is 42.6 Å². The Labute approximate surface area is 124 Å². The van der Waals surface area contributed by atoms with Gasteiger partial charge in [-0.1, -0.05) is 18.2 Å². The van der Waals surface area contributed by atoms with E-state index >= 15 is 0 Å². The lowest BCUT2D eigenvalue weighted by molar-refractivity contribution is -0.118. The zero-order chi connectivity index (χ0) is 13.8. The number of benzene rings is 1. The van der Waals surface area contributed by atoms with Crippen molar-refractivity contribution in [3.05, 3.63) is 29.8 Å². The SMILES string of the molecule is O=C(CSCC1CC1)NC[C@@H]1COc2ccccc2C1. The van der Waals surface area contributed by atoms with Crippen molar-refractivity contribution in [3.63, 3.8) is 0 Å². The van der Waals surface area contributed by atoms with Crippen LogP contribution in [0.4, 0.5) is 0 Å². The maximum atomic E-state index is 11.8. The number of hydrogen-bond donors (Lipinski definition) is 1. The van der Waals surface area contributed by atoms with Crippen molar-refractivity contribution in [1.82, 2.24) is 5.32 Å². The van der Waals surface area contributed by atoms with Gasteiger partial charge in [-0.3, -0.25) is 4.79 Å². The molecule has 0 unspecified atom stereocenters. The van der Waals surface area contributed by atoms with E-state index in [0.717, 1.165) is 30.4 Å². The third-order valence-corrected chi connectivity index (χ3v) is 5.00. The first kappa shape index (κ1) is 13.8. The smallest absolute Gasteiger partial charge is 0.230 e. The van der Waals surface area contributed by atoms with Crippen molar-refractivity contribution in [1.29, 1.82) is 0 Å². The highest BCUT2D eigenvalue weighted by atomic mass is 32.2. The lowest BCUT2D eigenvalue weighted by Gasteiger charge is -2.25. The number of carbonyl (C=O) groups excluding carboxylic acids is 1. The van der Waals surface area contributed by atoms with Crippen molar-refractivity contribution in [2.24, 2.45) is 11.8 Å². The van der Waals surface area contributed by atoms with Gasteiger partial charge in [0.05, 0.1) is 12.4 Å². The van der Waals surface area contributed by atoms with Crippen LogP contribution < -0.4 is 10.1 Å². The first-order valence-corrected chi connectivity index (χ1v) is 8.52. The van der Waals surface area contributed by atoms with Crippen LogP contribution in [0.1, 0.15) is 18.4 Å². The highest BCUT2D eigenvalue weighted by Gasteiger charge is 2.22. The standard InChI is InChI=1S/C16H21NO2S/c18-16(11-20-10-12-5-6-12)17-8-13-7-14-3-1-2-4-15(14)19-9-13/h1-4,12-13H,5-11H2,(H,17,18)/t13-/m1/s1. The van der Waals surface area contributed by atoms with E-state index in [-0.39, 0.29) is 5.91 Å². The molecule has 108 valence electrons. The van der Waals surface area contributed by atoms with Gasteiger partial charge in [-0.2, -0.15) is 11.8 Å². The number of carbonyl (C=O) groups is 1. The Balaban J connectivity index is 1.37. The second kappa shape index (κ2) is 6.53. The third-order valence-electron chi connectivity index (χ3n) is 3.83. The first-order valence-electron chi connectivity index (χ1n) is 7.36. The summed E-state index contributed by atoms with van der Waals surface area (Å²) in [6, 6.07) is 8.16. The molecule has 1 fully saturated rings. The molecular weight excluding hydrogens is 270 g/mol. The van der Waals surface area contributed by atoms with Gasteiger partial charge < -0.3 is 10.1 Å². The van der Waals surface area contributed by atoms with Crippen molar-refractivity contribution >= 4 is 17.7 Å². The number of para-hydroxylation sites is 1. The molecule has 0 aromatic heterocycles. The Morgan fingerprint density at radius 1 is 1.30 bits per heavy atom. The summed E-state index contributed by atoms with van der Waals surface area (Å²) in [5.74, 6) is 4.18. The second-order valence-electron chi connectivity index (χ2n) is 5.75. The van der Waals surface area contributed by atoms with Gasteiger partial charge >= 0.3 is 0 Å². The van der Waals surface area contributed by atoms with Crippen molar-refractivity contribution in [3.8, 4) is 5.75 Å². The Kier molecular flexibility index (Phi) is 4.51. The average molecular weight is 291 g/mol. The molecule has 1 heterocycles. The van der Waals surface area contributed by atoms with Gasteiger partial charge in [-0.15, -0.1) is 0 Å². The number of nitrogens with one attached hydrogen (secondary N) is 1. The van der Waals surface area contributed by atoms with Gasteiger partial charge in [0.1, 0.15) is 5.75 Å². The molecule has 4 heteroatoms. The maximum Gasteiger partial charge on any atom is 0.230 e. The minimum Gasteiger partial charge on any atom is -0.493 e. The topological polar surface area (TPSA) is 38.3 Å². The van der Waals surface area contributed by atoms with Gasteiger partial charge in [0, 0.05) is 12.5 Å². The summed E-state index contributed by atoms with van der Waals surface area (Å²) < 4.78 is 5.73. The fourth-order valence-corrected chi connectivity index (χ4v) is 3.51. The summed E-state index contributed by atoms with van der Waals surface area (Å²) in [5.41, 5.74) is 1.25. The molecule has 0 radical (unpaired) electrons. The Bertz CT molecular complexity index is 473. The molecule has 1 aliphatic carbocycles. The molecule has 0 spiro atoms. The fraction of sp³-hybridized carbons (Fsp3) is 0.562. The zero-order valence-electron chi connectivity index (χ0n) is 11.6. The monoisotopic (exact) mass is 291 g/mol. The van der Waals surface area contributed by atoms with Crippen LogP contribution in [0.3, 0.4) is 0 Å². The van der Waals surface area contributed by atoms with Crippen LogP contribution in [0.25, 0.3) is 0 Å². The highest BCUT2D eigenvalue weighted by Crippen LogP contribution is 2.32. The number of ether oxygens (including phenoxy) is 1. The molecule has 0 bridgehead atoms. The number of hydrogen-bond acceptors (Lipinski definition) is 3. The van der Waals surface area contributed by atoms with E-state index < -0.39 is 0 Å². The second-order valence-corrected chi connectivity index (χ2v) is 6.78. The molecule has 1 amide bonds. The Morgan fingerprint density at radius 2 is 2.15 bits per heavy atom. The summed E-state index contributed by atoms with van der Waals surface area (Å²) >= 11 is 1.76. The van der Waals surface area contributed by atoms with Gasteiger partial charge in [-0.25, -0.2) is 0 Å². The van der Waals surface area contributed by atoms with Gasteiger partial charge in [0.15, 0.2) is 0 Å². The number of rotatable bonds is 6. The number of thioether (sulfide) groups is 1. The molecule has 1 aromatic rings. The Hall–Kier alpha value is -1.16. The van der Waals surface area contributed by atoms with E-state index in [2.05, 4.69) is 11.4 Å². The maximum absolute atomic E-state index is 11.8. The van der Waals surface area contributed by atoms with E-state index in [1.165, 1.54) is 18.4 Å². The summed E-state index contributed by atoms with van der Waals surface area (Å²) in [6.45, 7) is 1.42. The normalized spacial score (nSPS) is 20.9. The molecular formula is C16H21NO2S. The van der Waals surface area contributed by atoms with Crippen LogP contribution in [0, 0.1) is 11.8 Å². The summed E-state index contributed by atoms with van der Waals surface area (Å²) in [4.78, 5) is 11.8. The number of fused-ring (bicyclic) bond motifs is 1. The Morgan fingerprint density at radius 3 is 3.00 bits per heavy atom. The summed E-state index contributed by atoms with van der Waals surface area (Å²) in [5, 5.41) is 3.04. The van der Waals surface area contributed by atoms with Crippen molar-refractivity contribution in [2.75, 3.05) is 24.7 Å². The zero-order valence-corrected chi connectivity index (χ0v) is 12.5. The van der Waals surface area contributed by atoms with Crippen LogP contribution in [0.5, 0.6) is 5.75 Å². The molecule has 3 nitrogen and oxygen atoms in total. The minimum atomic E-state index is 0.162. The van der Waals surface area contributed by atoms with Gasteiger partial charge in [0.2, 0.25) is 5.91 Å². The lowest BCUT2D eigenvalue weighted by atomic mass is 9.97. The highest BCUT2D eigenvalue weighted by molar-refractivity contribution is 7.99.